The fraction of sp³-hybridized carbons (Fsp3) is 1.00. The summed E-state index contributed by atoms with van der Waals surface area (Å²) < 4.78 is 5.38. The Morgan fingerprint density at radius 3 is 1.67 bits per heavy atom. The lowest BCUT2D eigenvalue weighted by atomic mass is 9.67. The second-order valence-electron chi connectivity index (χ2n) is 8.25. The van der Waals surface area contributed by atoms with Gasteiger partial charge >= 0.3 is 0 Å². The van der Waals surface area contributed by atoms with Crippen molar-refractivity contribution in [3.63, 3.8) is 0 Å². The van der Waals surface area contributed by atoms with Crippen molar-refractivity contribution in [2.75, 3.05) is 13.2 Å². The standard InChI is InChI=1S/C20H36O/c1-2-3-4-5-16-6-8-17(9-7-16)18-10-12-19(13-11-18)20-14-21-15-20/h16-20H,2-15H2,1H3. The van der Waals surface area contributed by atoms with E-state index in [1.165, 1.54) is 51.4 Å². The van der Waals surface area contributed by atoms with Crippen LogP contribution in [0.4, 0.5) is 0 Å². The van der Waals surface area contributed by atoms with Gasteiger partial charge < -0.3 is 4.74 Å². The van der Waals surface area contributed by atoms with E-state index in [2.05, 4.69) is 6.92 Å². The van der Waals surface area contributed by atoms with Gasteiger partial charge in [-0.15, -0.1) is 0 Å². The maximum Gasteiger partial charge on any atom is 0.0519 e. The van der Waals surface area contributed by atoms with Crippen LogP contribution in [0.15, 0.2) is 0 Å². The maximum atomic E-state index is 5.38. The zero-order valence-corrected chi connectivity index (χ0v) is 14.2. The molecule has 1 saturated heterocycles. The van der Waals surface area contributed by atoms with Crippen LogP contribution in [0.3, 0.4) is 0 Å². The molecule has 0 unspecified atom stereocenters. The monoisotopic (exact) mass is 292 g/mol. The topological polar surface area (TPSA) is 9.23 Å². The first-order valence-electron chi connectivity index (χ1n) is 9.94. The molecule has 0 radical (unpaired) electrons. The van der Waals surface area contributed by atoms with Gasteiger partial charge in [0.1, 0.15) is 0 Å². The lowest BCUT2D eigenvalue weighted by Gasteiger charge is -2.41. The molecule has 0 aromatic rings. The Morgan fingerprint density at radius 2 is 1.19 bits per heavy atom. The molecule has 0 N–H and O–H groups in total. The third-order valence-corrected chi connectivity index (χ3v) is 6.92. The number of rotatable bonds is 6. The Morgan fingerprint density at radius 1 is 0.667 bits per heavy atom. The first-order chi connectivity index (χ1) is 10.4. The minimum absolute atomic E-state index is 0.931. The van der Waals surface area contributed by atoms with Crippen LogP contribution in [-0.4, -0.2) is 13.2 Å². The highest BCUT2D eigenvalue weighted by atomic mass is 16.5. The molecule has 0 amide bonds. The van der Waals surface area contributed by atoms with Gasteiger partial charge in [-0.25, -0.2) is 0 Å². The summed E-state index contributed by atoms with van der Waals surface area (Å²) in [5.74, 6) is 5.20. The van der Waals surface area contributed by atoms with Gasteiger partial charge in [-0.05, 0) is 62.2 Å². The zero-order valence-electron chi connectivity index (χ0n) is 14.2. The normalized spacial score (nSPS) is 38.1. The van der Waals surface area contributed by atoms with E-state index in [4.69, 9.17) is 4.74 Å². The van der Waals surface area contributed by atoms with Crippen molar-refractivity contribution in [1.82, 2.24) is 0 Å². The van der Waals surface area contributed by atoms with Gasteiger partial charge in [0.25, 0.3) is 0 Å². The van der Waals surface area contributed by atoms with Gasteiger partial charge in [0.2, 0.25) is 0 Å². The SMILES string of the molecule is CCCCCC1CCC(C2CCC(C3COC3)CC2)CC1. The van der Waals surface area contributed by atoms with Crippen LogP contribution in [0.2, 0.25) is 0 Å². The predicted octanol–water partition coefficient (Wildman–Crippen LogP) is 5.83. The van der Waals surface area contributed by atoms with E-state index in [0.29, 0.717) is 0 Å². The molecular weight excluding hydrogens is 256 g/mol. The van der Waals surface area contributed by atoms with Gasteiger partial charge in [0.05, 0.1) is 13.2 Å². The van der Waals surface area contributed by atoms with Crippen molar-refractivity contribution < 1.29 is 4.74 Å². The first-order valence-corrected chi connectivity index (χ1v) is 9.94. The molecule has 0 bridgehead atoms. The molecule has 1 aliphatic heterocycles. The summed E-state index contributed by atoms with van der Waals surface area (Å²) in [6.45, 7) is 4.46. The highest BCUT2D eigenvalue weighted by molar-refractivity contribution is 4.85. The highest BCUT2D eigenvalue weighted by Gasteiger charge is 2.35. The third kappa shape index (κ3) is 4.24. The van der Waals surface area contributed by atoms with Crippen LogP contribution in [0.5, 0.6) is 0 Å². The average Bonchev–Trinajstić information content (AvgIpc) is 2.47. The van der Waals surface area contributed by atoms with Crippen LogP contribution in [-0.2, 0) is 4.74 Å². The Labute approximate surface area is 132 Å². The molecule has 3 aliphatic rings. The van der Waals surface area contributed by atoms with E-state index in [9.17, 15) is 0 Å². The van der Waals surface area contributed by atoms with E-state index in [0.717, 1.165) is 42.8 Å². The molecule has 0 spiro atoms. The fourth-order valence-corrected chi connectivity index (χ4v) is 5.25. The van der Waals surface area contributed by atoms with Gasteiger partial charge in [-0.2, -0.15) is 0 Å². The first kappa shape index (κ1) is 15.8. The summed E-state index contributed by atoms with van der Waals surface area (Å²) in [7, 11) is 0. The van der Waals surface area contributed by atoms with E-state index in [1.807, 2.05) is 0 Å². The van der Waals surface area contributed by atoms with Gasteiger partial charge in [-0.3, -0.25) is 0 Å². The average molecular weight is 293 g/mol. The maximum absolute atomic E-state index is 5.38. The number of ether oxygens (including phenoxy) is 1. The van der Waals surface area contributed by atoms with E-state index in [-0.39, 0.29) is 0 Å². The minimum atomic E-state index is 0.931. The molecule has 2 aliphatic carbocycles. The van der Waals surface area contributed by atoms with Crippen molar-refractivity contribution >= 4 is 0 Å². The Bertz CT molecular complexity index is 280. The highest BCUT2D eigenvalue weighted by Crippen LogP contribution is 2.44. The summed E-state index contributed by atoms with van der Waals surface area (Å²) in [4.78, 5) is 0. The van der Waals surface area contributed by atoms with Gasteiger partial charge in [-0.1, -0.05) is 45.4 Å². The predicted molar refractivity (Wildman–Crippen MR) is 89.3 cm³/mol. The molecule has 0 aromatic carbocycles. The fourth-order valence-electron chi connectivity index (χ4n) is 5.25. The van der Waals surface area contributed by atoms with E-state index >= 15 is 0 Å². The molecule has 3 rings (SSSR count). The summed E-state index contributed by atoms with van der Waals surface area (Å²) in [5, 5.41) is 0. The molecule has 3 fully saturated rings. The number of hydrogen-bond donors (Lipinski definition) is 0. The lowest BCUT2D eigenvalue weighted by molar-refractivity contribution is -0.0722. The molecule has 2 saturated carbocycles. The van der Waals surface area contributed by atoms with E-state index < -0.39 is 0 Å². The van der Waals surface area contributed by atoms with Crippen LogP contribution in [0, 0.1) is 29.6 Å². The molecule has 122 valence electrons. The number of hydrogen-bond acceptors (Lipinski definition) is 1. The molecule has 1 heteroatoms. The summed E-state index contributed by atoms with van der Waals surface area (Å²) >= 11 is 0. The van der Waals surface area contributed by atoms with Crippen LogP contribution < -0.4 is 0 Å². The van der Waals surface area contributed by atoms with Gasteiger partial charge in [0.15, 0.2) is 0 Å². The smallest absolute Gasteiger partial charge is 0.0519 e. The summed E-state index contributed by atoms with van der Waals surface area (Å²) in [6.07, 6.45) is 18.1. The van der Waals surface area contributed by atoms with Crippen molar-refractivity contribution in [1.29, 1.82) is 0 Å². The molecule has 1 nitrogen and oxygen atoms in total. The quantitative estimate of drug-likeness (QED) is 0.560. The zero-order chi connectivity index (χ0) is 14.5. The number of unbranched alkanes of at least 4 members (excludes halogenated alkanes) is 2. The van der Waals surface area contributed by atoms with Gasteiger partial charge in [0, 0.05) is 5.92 Å². The minimum Gasteiger partial charge on any atom is -0.381 e. The molecule has 1 heterocycles. The Balaban J connectivity index is 1.33. The largest absolute Gasteiger partial charge is 0.381 e. The second-order valence-corrected chi connectivity index (χ2v) is 8.25. The molecule has 0 aromatic heterocycles. The van der Waals surface area contributed by atoms with Crippen LogP contribution >= 0.6 is 0 Å². The Kier molecular flexibility index (Phi) is 6.03. The lowest BCUT2D eigenvalue weighted by Crippen LogP contribution is -2.37. The van der Waals surface area contributed by atoms with Crippen LogP contribution in [0.1, 0.15) is 84.0 Å². The van der Waals surface area contributed by atoms with Crippen molar-refractivity contribution in [3.8, 4) is 0 Å². The summed E-state index contributed by atoms with van der Waals surface area (Å²) in [6, 6.07) is 0. The molecule has 21 heavy (non-hydrogen) atoms. The molecule has 0 atom stereocenters. The third-order valence-electron chi connectivity index (χ3n) is 6.92. The molecular formula is C20H36O. The van der Waals surface area contributed by atoms with Crippen LogP contribution in [0.25, 0.3) is 0 Å². The second kappa shape index (κ2) is 7.99. The van der Waals surface area contributed by atoms with E-state index in [1.54, 1.807) is 25.7 Å². The summed E-state index contributed by atoms with van der Waals surface area (Å²) in [5.41, 5.74) is 0. The van der Waals surface area contributed by atoms with Crippen molar-refractivity contribution in [2.45, 2.75) is 84.0 Å². The van der Waals surface area contributed by atoms with Crippen molar-refractivity contribution in [2.24, 2.45) is 29.6 Å². The Hall–Kier alpha value is -0.0400. The van der Waals surface area contributed by atoms with Crippen molar-refractivity contribution in [3.05, 3.63) is 0 Å².